The summed E-state index contributed by atoms with van der Waals surface area (Å²) in [4.78, 5) is 26.8. The van der Waals surface area contributed by atoms with Crippen LogP contribution < -0.4 is 4.74 Å². The number of aryl methyl sites for hydroxylation is 1. The van der Waals surface area contributed by atoms with Gasteiger partial charge in [-0.15, -0.1) is 0 Å². The van der Waals surface area contributed by atoms with Crippen LogP contribution in [0.1, 0.15) is 51.1 Å². The van der Waals surface area contributed by atoms with Crippen LogP contribution in [0.25, 0.3) is 0 Å². The molecule has 2 rings (SSSR count). The molecule has 1 fully saturated rings. The average molecular weight is 397 g/mol. The number of hydrogen-bond donors (Lipinski definition) is 0. The van der Waals surface area contributed by atoms with E-state index < -0.39 is 27.0 Å². The molecule has 0 N–H and O–H groups in total. The third kappa shape index (κ3) is 5.06. The van der Waals surface area contributed by atoms with Crippen LogP contribution in [-0.4, -0.2) is 44.1 Å². The van der Waals surface area contributed by atoms with Gasteiger partial charge in [-0.25, -0.2) is 13.4 Å². The molecule has 1 aromatic heterocycles. The Balaban J connectivity index is 2.31. The SMILES string of the molecule is COC(=O)[C@H]1CCC[C@H]1S(=O)(=O)c1ccc(C)nc1O[C@H](C)CCCC=O. The van der Waals surface area contributed by atoms with E-state index in [1.807, 2.05) is 6.92 Å². The lowest BCUT2D eigenvalue weighted by atomic mass is 10.1. The minimum atomic E-state index is -3.81. The summed E-state index contributed by atoms with van der Waals surface area (Å²) < 4.78 is 37.1. The standard InChI is InChI=1S/C19H27NO6S/c1-13-10-11-17(18(20-13)26-14(2)7-4-5-12-21)27(23,24)16-9-6-8-15(16)19(22)25-3/h10-12,14-16H,4-9H2,1-3H3/t14-,15+,16-/m1/s1. The van der Waals surface area contributed by atoms with Crippen molar-refractivity contribution in [3.63, 3.8) is 0 Å². The van der Waals surface area contributed by atoms with Crippen LogP contribution in [0.5, 0.6) is 5.88 Å². The Morgan fingerprint density at radius 1 is 1.37 bits per heavy atom. The summed E-state index contributed by atoms with van der Waals surface area (Å²) >= 11 is 0. The van der Waals surface area contributed by atoms with Crippen LogP contribution in [0.4, 0.5) is 0 Å². The molecule has 27 heavy (non-hydrogen) atoms. The summed E-state index contributed by atoms with van der Waals surface area (Å²) in [7, 11) is -2.53. The first-order chi connectivity index (χ1) is 12.8. The number of hydrogen-bond acceptors (Lipinski definition) is 7. The zero-order valence-electron chi connectivity index (χ0n) is 16.0. The second kappa shape index (κ2) is 9.30. The molecule has 0 spiro atoms. The number of nitrogens with zero attached hydrogens (tertiary/aromatic N) is 1. The molecule has 1 aliphatic rings. The van der Waals surface area contributed by atoms with Gasteiger partial charge in [-0.3, -0.25) is 4.79 Å². The first-order valence-electron chi connectivity index (χ1n) is 9.21. The van der Waals surface area contributed by atoms with Gasteiger partial charge in [0.15, 0.2) is 9.84 Å². The molecular formula is C19H27NO6S. The van der Waals surface area contributed by atoms with Gasteiger partial charge < -0.3 is 14.3 Å². The van der Waals surface area contributed by atoms with Gasteiger partial charge in [0.25, 0.3) is 0 Å². The molecule has 1 heterocycles. The van der Waals surface area contributed by atoms with E-state index in [1.54, 1.807) is 13.0 Å². The second-order valence-corrected chi connectivity index (χ2v) is 9.06. The van der Waals surface area contributed by atoms with Crippen LogP contribution >= 0.6 is 0 Å². The minimum Gasteiger partial charge on any atom is -0.474 e. The second-order valence-electron chi connectivity index (χ2n) is 6.93. The van der Waals surface area contributed by atoms with E-state index in [4.69, 9.17) is 9.47 Å². The predicted octanol–water partition coefficient (Wildman–Crippen LogP) is 2.64. The quantitative estimate of drug-likeness (QED) is 0.359. The summed E-state index contributed by atoms with van der Waals surface area (Å²) in [5, 5.41) is -0.831. The zero-order valence-corrected chi connectivity index (χ0v) is 16.8. The van der Waals surface area contributed by atoms with Crippen molar-refractivity contribution in [2.24, 2.45) is 5.92 Å². The highest BCUT2D eigenvalue weighted by molar-refractivity contribution is 7.92. The largest absolute Gasteiger partial charge is 0.474 e. The van der Waals surface area contributed by atoms with Gasteiger partial charge in [0.05, 0.1) is 24.4 Å². The highest BCUT2D eigenvalue weighted by atomic mass is 32.2. The van der Waals surface area contributed by atoms with Crippen molar-refractivity contribution < 1.29 is 27.5 Å². The fraction of sp³-hybridized carbons (Fsp3) is 0.632. The van der Waals surface area contributed by atoms with E-state index in [1.165, 1.54) is 13.2 Å². The van der Waals surface area contributed by atoms with Crippen LogP contribution in [0.2, 0.25) is 0 Å². The van der Waals surface area contributed by atoms with Crippen LogP contribution in [-0.2, 0) is 24.2 Å². The third-order valence-corrected chi connectivity index (χ3v) is 7.16. The van der Waals surface area contributed by atoms with Gasteiger partial charge >= 0.3 is 5.97 Å². The van der Waals surface area contributed by atoms with Crippen LogP contribution in [0.3, 0.4) is 0 Å². The normalized spacial score (nSPS) is 20.9. The van der Waals surface area contributed by atoms with Crippen molar-refractivity contribution in [1.82, 2.24) is 4.98 Å². The highest BCUT2D eigenvalue weighted by Gasteiger charge is 2.44. The number of ether oxygens (including phenoxy) is 2. The first-order valence-corrected chi connectivity index (χ1v) is 10.8. The van der Waals surface area contributed by atoms with Crippen molar-refractivity contribution in [2.45, 2.75) is 68.6 Å². The summed E-state index contributed by atoms with van der Waals surface area (Å²) in [5.41, 5.74) is 0.639. The minimum absolute atomic E-state index is 0.0103. The summed E-state index contributed by atoms with van der Waals surface area (Å²) in [6.07, 6.45) is 3.82. The van der Waals surface area contributed by atoms with E-state index in [9.17, 15) is 18.0 Å². The molecule has 0 saturated heterocycles. The van der Waals surface area contributed by atoms with Crippen molar-refractivity contribution in [2.75, 3.05) is 7.11 Å². The molecule has 0 unspecified atom stereocenters. The van der Waals surface area contributed by atoms with Gasteiger partial charge in [-0.05, 0) is 51.7 Å². The fourth-order valence-corrected chi connectivity index (χ4v) is 5.52. The Morgan fingerprint density at radius 2 is 2.11 bits per heavy atom. The molecular weight excluding hydrogens is 370 g/mol. The van der Waals surface area contributed by atoms with Gasteiger partial charge in [0.2, 0.25) is 5.88 Å². The number of esters is 1. The molecule has 1 aromatic rings. The highest BCUT2D eigenvalue weighted by Crippen LogP contribution is 2.38. The van der Waals surface area contributed by atoms with Gasteiger partial charge in [-0.2, -0.15) is 0 Å². The molecule has 0 bridgehead atoms. The number of sulfone groups is 1. The number of unbranched alkanes of at least 4 members (excludes halogenated alkanes) is 1. The molecule has 0 radical (unpaired) electrons. The lowest BCUT2D eigenvalue weighted by Gasteiger charge is -2.21. The maximum atomic E-state index is 13.3. The van der Waals surface area contributed by atoms with Crippen LogP contribution in [0, 0.1) is 12.8 Å². The molecule has 150 valence electrons. The summed E-state index contributed by atoms with van der Waals surface area (Å²) in [6, 6.07) is 3.12. The fourth-order valence-electron chi connectivity index (χ4n) is 3.44. The molecule has 7 nitrogen and oxygen atoms in total. The molecule has 8 heteroatoms. The van der Waals surface area contributed by atoms with E-state index in [-0.39, 0.29) is 16.9 Å². The van der Waals surface area contributed by atoms with Gasteiger partial charge in [-0.1, -0.05) is 6.42 Å². The Morgan fingerprint density at radius 3 is 2.78 bits per heavy atom. The lowest BCUT2D eigenvalue weighted by Crippen LogP contribution is -2.32. The van der Waals surface area contributed by atoms with Crippen molar-refractivity contribution >= 4 is 22.1 Å². The van der Waals surface area contributed by atoms with E-state index >= 15 is 0 Å². The third-order valence-electron chi connectivity index (χ3n) is 4.87. The maximum Gasteiger partial charge on any atom is 0.309 e. The molecule has 1 aliphatic carbocycles. The summed E-state index contributed by atoms with van der Waals surface area (Å²) in [5.74, 6) is -1.10. The average Bonchev–Trinajstić information content (AvgIpc) is 3.12. The number of aromatic nitrogens is 1. The molecule has 1 saturated carbocycles. The van der Waals surface area contributed by atoms with Gasteiger partial charge in [0.1, 0.15) is 11.2 Å². The van der Waals surface area contributed by atoms with E-state index in [0.717, 1.165) is 6.29 Å². The van der Waals surface area contributed by atoms with Gasteiger partial charge in [0, 0.05) is 12.1 Å². The predicted molar refractivity (Wildman–Crippen MR) is 99.3 cm³/mol. The first kappa shape index (κ1) is 21.3. The topological polar surface area (TPSA) is 99.6 Å². The number of rotatable bonds is 9. The molecule has 0 aromatic carbocycles. The van der Waals surface area contributed by atoms with Crippen LogP contribution in [0.15, 0.2) is 17.0 Å². The number of pyridine rings is 1. The number of carbonyl (C=O) groups is 2. The Bertz CT molecular complexity index is 776. The van der Waals surface area contributed by atoms with E-state index in [0.29, 0.717) is 44.2 Å². The number of carbonyl (C=O) groups excluding carboxylic acids is 2. The Hall–Kier alpha value is -1.96. The molecule has 3 atom stereocenters. The smallest absolute Gasteiger partial charge is 0.309 e. The summed E-state index contributed by atoms with van der Waals surface area (Å²) in [6.45, 7) is 3.57. The number of methoxy groups -OCH3 is 1. The maximum absolute atomic E-state index is 13.3. The van der Waals surface area contributed by atoms with Crippen molar-refractivity contribution in [3.05, 3.63) is 17.8 Å². The molecule has 0 aliphatic heterocycles. The van der Waals surface area contributed by atoms with E-state index in [2.05, 4.69) is 4.98 Å². The lowest BCUT2D eigenvalue weighted by molar-refractivity contribution is -0.145. The molecule has 0 amide bonds. The zero-order chi connectivity index (χ0) is 20.0. The van der Waals surface area contributed by atoms with Crippen molar-refractivity contribution in [3.8, 4) is 5.88 Å². The number of aldehydes is 1. The van der Waals surface area contributed by atoms with Crippen molar-refractivity contribution in [1.29, 1.82) is 0 Å². The monoisotopic (exact) mass is 397 g/mol. The Kier molecular flexibility index (Phi) is 7.35. The Labute approximate surface area is 160 Å².